The lowest BCUT2D eigenvalue weighted by Gasteiger charge is -2.21. The highest BCUT2D eigenvalue weighted by molar-refractivity contribution is 7.20. The van der Waals surface area contributed by atoms with Gasteiger partial charge in [0.15, 0.2) is 0 Å². The molecule has 0 fully saturated rings. The van der Waals surface area contributed by atoms with E-state index < -0.39 is 0 Å². The molecule has 120 valence electrons. The maximum atomic E-state index is 13.0. The molecule has 3 aromatic rings. The van der Waals surface area contributed by atoms with Crippen molar-refractivity contribution < 1.29 is 4.79 Å². The third-order valence-corrected chi connectivity index (χ3v) is 5.18. The minimum absolute atomic E-state index is 0.0538. The Kier molecular flexibility index (Phi) is 3.98. The summed E-state index contributed by atoms with van der Waals surface area (Å²) < 4.78 is 1.85. The van der Waals surface area contributed by atoms with Gasteiger partial charge in [-0.3, -0.25) is 9.48 Å². The first kappa shape index (κ1) is 15.7. The number of hydrogen-bond donors (Lipinski definition) is 0. The minimum Gasteiger partial charge on any atom is -0.308 e. The number of aryl methyl sites for hydroxylation is 4. The number of aromatic nitrogens is 2. The van der Waals surface area contributed by atoms with Crippen molar-refractivity contribution in [3.63, 3.8) is 0 Å². The largest absolute Gasteiger partial charge is 0.308 e. The van der Waals surface area contributed by atoms with Crippen molar-refractivity contribution in [1.82, 2.24) is 9.78 Å². The average Bonchev–Trinajstić information content (AvgIpc) is 3.01. The number of fused-ring (bicyclic) bond motifs is 1. The van der Waals surface area contributed by atoms with E-state index in [1.165, 1.54) is 22.5 Å². The van der Waals surface area contributed by atoms with Gasteiger partial charge in [0, 0.05) is 24.7 Å². The molecule has 0 unspecified atom stereocenters. The van der Waals surface area contributed by atoms with Crippen molar-refractivity contribution in [2.75, 3.05) is 11.4 Å². The van der Waals surface area contributed by atoms with Gasteiger partial charge in [0.25, 0.3) is 5.91 Å². The van der Waals surface area contributed by atoms with Gasteiger partial charge in [0.2, 0.25) is 0 Å². The number of benzene rings is 1. The maximum Gasteiger partial charge on any atom is 0.268 e. The highest BCUT2D eigenvalue weighted by Crippen LogP contribution is 2.30. The fourth-order valence-electron chi connectivity index (χ4n) is 2.99. The van der Waals surface area contributed by atoms with Crippen LogP contribution in [0, 0.1) is 20.8 Å². The molecule has 1 amide bonds. The van der Waals surface area contributed by atoms with Gasteiger partial charge in [-0.15, -0.1) is 11.3 Å². The summed E-state index contributed by atoms with van der Waals surface area (Å²) in [5, 5.41) is 5.47. The van der Waals surface area contributed by atoms with Crippen LogP contribution in [0.3, 0.4) is 0 Å². The van der Waals surface area contributed by atoms with Crippen LogP contribution in [0.2, 0.25) is 0 Å². The molecule has 0 atom stereocenters. The molecule has 0 spiro atoms. The summed E-state index contributed by atoms with van der Waals surface area (Å²) in [5.41, 5.74) is 4.26. The lowest BCUT2D eigenvalue weighted by molar-refractivity contribution is 0.0992. The van der Waals surface area contributed by atoms with Gasteiger partial charge in [-0.05, 0) is 57.0 Å². The number of carbonyl (C=O) groups is 1. The summed E-state index contributed by atoms with van der Waals surface area (Å²) in [6.45, 7) is 8.75. The standard InChI is InChI=1S/C18H21N3OS/c1-6-21(14-8-11(2)7-12(3)9-14)17(22)16-10-15-13(4)19-20(5)18(15)23-16/h7-10H,6H2,1-5H3. The number of hydrogen-bond acceptors (Lipinski definition) is 3. The van der Waals surface area contributed by atoms with Crippen LogP contribution < -0.4 is 4.90 Å². The lowest BCUT2D eigenvalue weighted by atomic mass is 10.1. The third kappa shape index (κ3) is 2.77. The van der Waals surface area contributed by atoms with Crippen LogP contribution in [0.5, 0.6) is 0 Å². The number of amides is 1. The molecule has 0 saturated heterocycles. The predicted molar refractivity (Wildman–Crippen MR) is 96.6 cm³/mol. The van der Waals surface area contributed by atoms with Crippen LogP contribution in [0.1, 0.15) is 33.4 Å². The first-order valence-corrected chi connectivity index (χ1v) is 8.55. The van der Waals surface area contributed by atoms with Gasteiger partial charge in [-0.25, -0.2) is 0 Å². The zero-order valence-corrected chi connectivity index (χ0v) is 15.0. The first-order chi connectivity index (χ1) is 10.9. The molecule has 23 heavy (non-hydrogen) atoms. The molecule has 0 aliphatic rings. The molecule has 3 rings (SSSR count). The summed E-state index contributed by atoms with van der Waals surface area (Å²) in [4.78, 5) is 16.6. The third-order valence-electron chi connectivity index (χ3n) is 3.99. The number of carbonyl (C=O) groups excluding carboxylic acids is 1. The van der Waals surface area contributed by atoms with Crippen molar-refractivity contribution in [3.05, 3.63) is 46.0 Å². The SMILES string of the molecule is CCN(C(=O)c1cc2c(C)nn(C)c2s1)c1cc(C)cc(C)c1. The Morgan fingerprint density at radius 2 is 1.83 bits per heavy atom. The summed E-state index contributed by atoms with van der Waals surface area (Å²) in [7, 11) is 1.92. The lowest BCUT2D eigenvalue weighted by Crippen LogP contribution is -2.30. The van der Waals surface area contributed by atoms with E-state index >= 15 is 0 Å². The van der Waals surface area contributed by atoms with Crippen molar-refractivity contribution >= 4 is 33.1 Å². The van der Waals surface area contributed by atoms with E-state index in [1.807, 2.05) is 36.5 Å². The molecule has 2 aromatic heterocycles. The van der Waals surface area contributed by atoms with Crippen LogP contribution in [-0.2, 0) is 7.05 Å². The summed E-state index contributed by atoms with van der Waals surface area (Å²) in [5.74, 6) is 0.0538. The van der Waals surface area contributed by atoms with Gasteiger partial charge in [0.05, 0.1) is 10.6 Å². The van der Waals surface area contributed by atoms with Gasteiger partial charge < -0.3 is 4.90 Å². The first-order valence-electron chi connectivity index (χ1n) is 7.74. The topological polar surface area (TPSA) is 38.1 Å². The van der Waals surface area contributed by atoms with Gasteiger partial charge >= 0.3 is 0 Å². The summed E-state index contributed by atoms with van der Waals surface area (Å²) >= 11 is 1.51. The van der Waals surface area contributed by atoms with Crippen LogP contribution >= 0.6 is 11.3 Å². The number of anilines is 1. The number of rotatable bonds is 3. The van der Waals surface area contributed by atoms with Crippen molar-refractivity contribution in [2.24, 2.45) is 7.05 Å². The molecule has 4 nitrogen and oxygen atoms in total. The second kappa shape index (κ2) is 5.81. The fourth-order valence-corrected chi connectivity index (χ4v) is 4.07. The van der Waals surface area contributed by atoms with Gasteiger partial charge in [-0.1, -0.05) is 6.07 Å². The smallest absolute Gasteiger partial charge is 0.268 e. The van der Waals surface area contributed by atoms with Crippen molar-refractivity contribution in [1.29, 1.82) is 0 Å². The number of thiophene rings is 1. The Labute approximate surface area is 140 Å². The van der Waals surface area contributed by atoms with E-state index in [2.05, 4.69) is 37.1 Å². The molecule has 0 bridgehead atoms. The highest BCUT2D eigenvalue weighted by Gasteiger charge is 2.21. The molecule has 2 heterocycles. The van der Waals surface area contributed by atoms with E-state index in [9.17, 15) is 4.79 Å². The molecule has 0 N–H and O–H groups in total. The summed E-state index contributed by atoms with van der Waals surface area (Å²) in [6, 6.07) is 8.22. The minimum atomic E-state index is 0.0538. The average molecular weight is 327 g/mol. The Morgan fingerprint density at radius 1 is 1.17 bits per heavy atom. The second-order valence-electron chi connectivity index (χ2n) is 5.93. The van der Waals surface area contributed by atoms with E-state index in [-0.39, 0.29) is 5.91 Å². The molecule has 0 aliphatic carbocycles. The molecular formula is C18H21N3OS. The van der Waals surface area contributed by atoms with Crippen LogP contribution in [-0.4, -0.2) is 22.2 Å². The maximum absolute atomic E-state index is 13.0. The molecule has 1 aromatic carbocycles. The quantitative estimate of drug-likeness (QED) is 0.722. The normalized spacial score (nSPS) is 11.2. The molecule has 0 radical (unpaired) electrons. The van der Waals surface area contributed by atoms with Crippen molar-refractivity contribution in [2.45, 2.75) is 27.7 Å². The van der Waals surface area contributed by atoms with Gasteiger partial charge in [0.1, 0.15) is 4.83 Å². The zero-order valence-electron chi connectivity index (χ0n) is 14.2. The fraction of sp³-hybridized carbons (Fsp3) is 0.333. The Balaban J connectivity index is 2.02. The number of nitrogens with zero attached hydrogens (tertiary/aromatic N) is 3. The van der Waals surface area contributed by atoms with Crippen molar-refractivity contribution in [3.8, 4) is 0 Å². The Hall–Kier alpha value is -2.14. The van der Waals surface area contributed by atoms with Crippen LogP contribution in [0.15, 0.2) is 24.3 Å². The van der Waals surface area contributed by atoms with E-state index in [1.54, 1.807) is 0 Å². The van der Waals surface area contributed by atoms with E-state index in [4.69, 9.17) is 0 Å². The highest BCUT2D eigenvalue weighted by atomic mass is 32.1. The zero-order chi connectivity index (χ0) is 16.7. The molecular weight excluding hydrogens is 306 g/mol. The monoisotopic (exact) mass is 327 g/mol. The van der Waals surface area contributed by atoms with Crippen LogP contribution in [0.4, 0.5) is 5.69 Å². The Morgan fingerprint density at radius 3 is 2.39 bits per heavy atom. The molecule has 0 aliphatic heterocycles. The summed E-state index contributed by atoms with van der Waals surface area (Å²) in [6.07, 6.45) is 0. The van der Waals surface area contributed by atoms with Crippen LogP contribution in [0.25, 0.3) is 10.2 Å². The second-order valence-corrected chi connectivity index (χ2v) is 6.96. The van der Waals surface area contributed by atoms with E-state index in [0.29, 0.717) is 6.54 Å². The Bertz CT molecular complexity index is 836. The van der Waals surface area contributed by atoms with Gasteiger partial charge in [-0.2, -0.15) is 5.10 Å². The molecule has 5 heteroatoms. The predicted octanol–water partition coefficient (Wildman–Crippen LogP) is 4.23. The van der Waals surface area contributed by atoms with E-state index in [0.717, 1.165) is 26.5 Å². The molecule has 0 saturated carbocycles.